The Kier molecular flexibility index (Phi) is 2.95. The molecule has 0 atom stereocenters. The Morgan fingerprint density at radius 2 is 2.00 bits per heavy atom. The third-order valence-corrected chi connectivity index (χ3v) is 2.74. The fourth-order valence-corrected chi connectivity index (χ4v) is 2.01. The second-order valence-corrected chi connectivity index (χ2v) is 4.08. The van der Waals surface area contributed by atoms with Gasteiger partial charge in [-0.3, -0.25) is 0 Å². The maximum Gasteiger partial charge on any atom is 0.231 e. The third-order valence-electron chi connectivity index (χ3n) is 2.54. The molecule has 0 fully saturated rings. The van der Waals surface area contributed by atoms with Crippen molar-refractivity contribution in [1.29, 1.82) is 0 Å². The molecule has 1 aromatic rings. The lowest BCUT2D eigenvalue weighted by molar-refractivity contribution is 0.174. The lowest BCUT2D eigenvalue weighted by Gasteiger charge is -2.20. The van der Waals surface area contributed by atoms with E-state index in [1.807, 2.05) is 12.1 Å². The van der Waals surface area contributed by atoms with Crippen LogP contribution in [0.1, 0.15) is 5.56 Å². The van der Waals surface area contributed by atoms with E-state index in [9.17, 15) is 0 Å². The topological polar surface area (TPSA) is 21.7 Å². The van der Waals surface area contributed by atoms with Crippen LogP contribution >= 0.6 is 12.6 Å². The van der Waals surface area contributed by atoms with Crippen LogP contribution in [0.2, 0.25) is 0 Å². The van der Waals surface area contributed by atoms with Crippen molar-refractivity contribution < 1.29 is 9.47 Å². The van der Waals surface area contributed by atoms with Gasteiger partial charge in [0, 0.05) is 31.1 Å². The highest BCUT2D eigenvalue weighted by atomic mass is 32.1. The van der Waals surface area contributed by atoms with E-state index >= 15 is 0 Å². The van der Waals surface area contributed by atoms with Crippen molar-refractivity contribution in [3.8, 4) is 11.5 Å². The van der Waals surface area contributed by atoms with E-state index in [4.69, 9.17) is 9.47 Å². The quantitative estimate of drug-likeness (QED) is 0.796. The SMILES string of the molecule is Cc1cc2c(cc1N(C)CCS)OCO2. The molecule has 15 heavy (non-hydrogen) atoms. The zero-order chi connectivity index (χ0) is 10.8. The molecule has 0 saturated carbocycles. The van der Waals surface area contributed by atoms with Crippen LogP contribution in [0, 0.1) is 6.92 Å². The van der Waals surface area contributed by atoms with Crippen molar-refractivity contribution in [1.82, 2.24) is 0 Å². The summed E-state index contributed by atoms with van der Waals surface area (Å²) in [6.45, 7) is 3.32. The molecule has 1 aliphatic heterocycles. The maximum absolute atomic E-state index is 5.35. The number of hydrogen-bond acceptors (Lipinski definition) is 4. The summed E-state index contributed by atoms with van der Waals surface area (Å²) in [5, 5.41) is 0. The standard InChI is InChI=1S/C11H15NO2S/c1-8-5-10-11(14-7-13-10)6-9(8)12(2)3-4-15/h5-6,15H,3-4,7H2,1-2H3. The van der Waals surface area contributed by atoms with Crippen molar-refractivity contribution >= 4 is 18.3 Å². The minimum absolute atomic E-state index is 0.328. The minimum Gasteiger partial charge on any atom is -0.454 e. The average Bonchev–Trinajstić information content (AvgIpc) is 2.63. The number of ether oxygens (including phenoxy) is 2. The molecule has 2 rings (SSSR count). The number of aryl methyl sites for hydroxylation is 1. The molecule has 0 unspecified atom stereocenters. The average molecular weight is 225 g/mol. The van der Waals surface area contributed by atoms with Gasteiger partial charge in [-0.1, -0.05) is 0 Å². The van der Waals surface area contributed by atoms with Gasteiger partial charge >= 0.3 is 0 Å². The Labute approximate surface area is 95.4 Å². The molecule has 3 nitrogen and oxygen atoms in total. The predicted octanol–water partition coefficient (Wildman–Crippen LogP) is 2.09. The summed E-state index contributed by atoms with van der Waals surface area (Å²) in [7, 11) is 2.06. The fourth-order valence-electron chi connectivity index (χ4n) is 1.71. The Hall–Kier alpha value is -1.03. The summed E-state index contributed by atoms with van der Waals surface area (Å²) in [6, 6.07) is 4.05. The summed E-state index contributed by atoms with van der Waals surface area (Å²) in [5.74, 6) is 2.52. The Morgan fingerprint density at radius 3 is 2.67 bits per heavy atom. The zero-order valence-electron chi connectivity index (χ0n) is 8.99. The van der Waals surface area contributed by atoms with Crippen LogP contribution in [0.4, 0.5) is 5.69 Å². The van der Waals surface area contributed by atoms with Crippen molar-refractivity contribution in [2.24, 2.45) is 0 Å². The molecule has 0 saturated heterocycles. The molecule has 0 aliphatic carbocycles. The highest BCUT2D eigenvalue weighted by Gasteiger charge is 2.16. The molecule has 0 N–H and O–H groups in total. The third kappa shape index (κ3) is 2.00. The lowest BCUT2D eigenvalue weighted by atomic mass is 10.1. The number of benzene rings is 1. The predicted molar refractivity (Wildman–Crippen MR) is 64.4 cm³/mol. The zero-order valence-corrected chi connectivity index (χ0v) is 9.88. The fraction of sp³-hybridized carbons (Fsp3) is 0.455. The maximum atomic E-state index is 5.35. The molecule has 82 valence electrons. The van der Waals surface area contributed by atoms with Gasteiger partial charge < -0.3 is 14.4 Å². The van der Waals surface area contributed by atoms with E-state index in [2.05, 4.69) is 31.5 Å². The highest BCUT2D eigenvalue weighted by Crippen LogP contribution is 2.37. The van der Waals surface area contributed by atoms with Gasteiger partial charge in [-0.25, -0.2) is 0 Å². The molecular weight excluding hydrogens is 210 g/mol. The van der Waals surface area contributed by atoms with Gasteiger partial charge in [0.2, 0.25) is 6.79 Å². The van der Waals surface area contributed by atoms with Gasteiger partial charge in [0.25, 0.3) is 0 Å². The van der Waals surface area contributed by atoms with E-state index in [1.165, 1.54) is 11.3 Å². The Balaban J connectivity index is 2.31. The van der Waals surface area contributed by atoms with Crippen LogP contribution in [-0.2, 0) is 0 Å². The van der Waals surface area contributed by atoms with Gasteiger partial charge in [-0.15, -0.1) is 0 Å². The Bertz CT molecular complexity index is 368. The highest BCUT2D eigenvalue weighted by molar-refractivity contribution is 7.80. The van der Waals surface area contributed by atoms with Gasteiger partial charge in [0.05, 0.1) is 0 Å². The first kappa shape index (κ1) is 10.5. The Morgan fingerprint density at radius 1 is 1.33 bits per heavy atom. The number of fused-ring (bicyclic) bond motifs is 1. The summed E-state index contributed by atoms with van der Waals surface area (Å²) < 4.78 is 10.7. The van der Waals surface area contributed by atoms with Crippen LogP contribution in [0.3, 0.4) is 0 Å². The van der Waals surface area contributed by atoms with Crippen LogP contribution in [0.25, 0.3) is 0 Å². The molecule has 1 heterocycles. The van der Waals surface area contributed by atoms with Gasteiger partial charge in [-0.2, -0.15) is 12.6 Å². The van der Waals surface area contributed by atoms with Crippen LogP contribution in [-0.4, -0.2) is 26.1 Å². The van der Waals surface area contributed by atoms with Crippen LogP contribution < -0.4 is 14.4 Å². The molecule has 1 aromatic carbocycles. The summed E-state index contributed by atoms with van der Waals surface area (Å²) in [5.41, 5.74) is 2.37. The number of nitrogens with zero attached hydrogens (tertiary/aromatic N) is 1. The lowest BCUT2D eigenvalue weighted by Crippen LogP contribution is -2.20. The second-order valence-electron chi connectivity index (χ2n) is 3.64. The number of hydrogen-bond donors (Lipinski definition) is 1. The summed E-state index contributed by atoms with van der Waals surface area (Å²) in [4.78, 5) is 2.17. The number of thiol groups is 1. The van der Waals surface area contributed by atoms with Crippen LogP contribution in [0.15, 0.2) is 12.1 Å². The van der Waals surface area contributed by atoms with E-state index < -0.39 is 0 Å². The molecule has 0 aromatic heterocycles. The van der Waals surface area contributed by atoms with Crippen LogP contribution in [0.5, 0.6) is 11.5 Å². The minimum atomic E-state index is 0.328. The van der Waals surface area contributed by atoms with Crippen molar-refractivity contribution in [2.45, 2.75) is 6.92 Å². The van der Waals surface area contributed by atoms with E-state index in [0.717, 1.165) is 23.8 Å². The summed E-state index contributed by atoms with van der Waals surface area (Å²) >= 11 is 4.23. The normalized spacial score (nSPS) is 13.0. The van der Waals surface area contributed by atoms with Gasteiger partial charge in [-0.05, 0) is 18.6 Å². The molecule has 0 amide bonds. The largest absolute Gasteiger partial charge is 0.454 e. The van der Waals surface area contributed by atoms with E-state index in [1.54, 1.807) is 0 Å². The van der Waals surface area contributed by atoms with E-state index in [0.29, 0.717) is 6.79 Å². The number of rotatable bonds is 3. The molecule has 0 bridgehead atoms. The second kappa shape index (κ2) is 4.23. The molecular formula is C11H15NO2S. The van der Waals surface area contributed by atoms with Gasteiger partial charge in [0.15, 0.2) is 11.5 Å². The van der Waals surface area contributed by atoms with E-state index in [-0.39, 0.29) is 0 Å². The van der Waals surface area contributed by atoms with Gasteiger partial charge in [0.1, 0.15) is 0 Å². The molecule has 1 aliphatic rings. The van der Waals surface area contributed by atoms with Crippen molar-refractivity contribution in [3.63, 3.8) is 0 Å². The smallest absolute Gasteiger partial charge is 0.231 e. The first-order chi connectivity index (χ1) is 7.22. The summed E-state index contributed by atoms with van der Waals surface area (Å²) in [6.07, 6.45) is 0. The monoisotopic (exact) mass is 225 g/mol. The van der Waals surface area contributed by atoms with Crippen molar-refractivity contribution in [3.05, 3.63) is 17.7 Å². The molecule has 0 radical (unpaired) electrons. The first-order valence-electron chi connectivity index (χ1n) is 4.94. The molecule has 0 spiro atoms. The number of anilines is 1. The molecule has 4 heteroatoms. The first-order valence-corrected chi connectivity index (χ1v) is 5.58. The van der Waals surface area contributed by atoms with Crippen molar-refractivity contribution in [2.75, 3.05) is 31.0 Å².